The monoisotopic (exact) mass is 366 g/mol. The molecule has 0 aliphatic heterocycles. The van der Waals surface area contributed by atoms with Gasteiger partial charge in [0, 0.05) is 10.7 Å². The molecule has 0 spiro atoms. The second-order valence-corrected chi connectivity index (χ2v) is 6.37. The third-order valence-corrected chi connectivity index (χ3v) is 3.90. The Morgan fingerprint density at radius 3 is 2.57 bits per heavy atom. The predicted octanol–water partition coefficient (Wildman–Crippen LogP) is 4.62. The van der Waals surface area contributed by atoms with Crippen LogP contribution in [0.5, 0.6) is 0 Å². The van der Waals surface area contributed by atoms with Crippen molar-refractivity contribution in [2.75, 3.05) is 0 Å². The minimum atomic E-state index is -0.226. The van der Waals surface area contributed by atoms with Gasteiger partial charge in [0.05, 0.1) is 11.6 Å². The molecule has 2 aromatic rings. The molecular formula is C16H16BrClN2O. The summed E-state index contributed by atoms with van der Waals surface area (Å²) >= 11 is 9.31. The summed E-state index contributed by atoms with van der Waals surface area (Å²) in [5.74, 6) is 0.0339. The van der Waals surface area contributed by atoms with Crippen LogP contribution < -0.4 is 5.32 Å². The van der Waals surface area contributed by atoms with Gasteiger partial charge in [-0.2, -0.15) is 0 Å². The Labute approximate surface area is 137 Å². The van der Waals surface area contributed by atoms with E-state index in [-0.39, 0.29) is 23.0 Å². The Balaban J connectivity index is 2.25. The van der Waals surface area contributed by atoms with Crippen molar-refractivity contribution in [2.45, 2.75) is 19.9 Å². The molecule has 0 saturated heterocycles. The molecule has 0 aliphatic carbocycles. The van der Waals surface area contributed by atoms with E-state index in [9.17, 15) is 4.79 Å². The number of halogens is 2. The molecule has 1 heterocycles. The van der Waals surface area contributed by atoms with Crippen LogP contribution in [0.3, 0.4) is 0 Å². The van der Waals surface area contributed by atoms with Crippen LogP contribution in [-0.2, 0) is 0 Å². The first-order chi connectivity index (χ1) is 9.99. The Morgan fingerprint density at radius 2 is 1.95 bits per heavy atom. The molecule has 21 heavy (non-hydrogen) atoms. The predicted molar refractivity (Wildman–Crippen MR) is 88.4 cm³/mol. The number of hydrogen-bond acceptors (Lipinski definition) is 2. The van der Waals surface area contributed by atoms with Gasteiger partial charge in [-0.05, 0) is 33.5 Å². The van der Waals surface area contributed by atoms with Crippen molar-refractivity contribution in [3.63, 3.8) is 0 Å². The number of benzene rings is 1. The fourth-order valence-electron chi connectivity index (χ4n) is 2.10. The third-order valence-electron chi connectivity index (χ3n) is 3.16. The lowest BCUT2D eigenvalue weighted by Crippen LogP contribution is -2.32. The van der Waals surface area contributed by atoms with E-state index in [0.29, 0.717) is 5.56 Å². The van der Waals surface area contributed by atoms with Crippen LogP contribution in [-0.4, -0.2) is 10.9 Å². The number of amides is 1. The summed E-state index contributed by atoms with van der Waals surface area (Å²) in [5, 5.41) is 3.23. The van der Waals surface area contributed by atoms with Gasteiger partial charge in [0.15, 0.2) is 0 Å². The average Bonchev–Trinajstić information content (AvgIpc) is 2.47. The standard InChI is InChI=1S/C16H16BrClN2O/c1-10(2)14(11-6-4-3-5-7-11)20-16(21)13-8-12(17)9-19-15(13)18/h3-10,14H,1-2H3,(H,20,21). The topological polar surface area (TPSA) is 42.0 Å². The van der Waals surface area contributed by atoms with Crippen LogP contribution >= 0.6 is 27.5 Å². The van der Waals surface area contributed by atoms with E-state index in [1.54, 1.807) is 12.3 Å². The van der Waals surface area contributed by atoms with E-state index >= 15 is 0 Å². The lowest BCUT2D eigenvalue weighted by atomic mass is 9.96. The zero-order chi connectivity index (χ0) is 15.4. The Hall–Kier alpha value is -1.39. The quantitative estimate of drug-likeness (QED) is 0.801. The first kappa shape index (κ1) is 16.0. The van der Waals surface area contributed by atoms with Crippen LogP contribution in [0.4, 0.5) is 0 Å². The SMILES string of the molecule is CC(C)C(NC(=O)c1cc(Br)cnc1Cl)c1ccccc1. The van der Waals surface area contributed by atoms with Crippen LogP contribution in [0.15, 0.2) is 47.1 Å². The van der Waals surface area contributed by atoms with Crippen molar-refractivity contribution in [2.24, 2.45) is 5.92 Å². The number of aromatic nitrogens is 1. The molecule has 1 atom stereocenters. The van der Waals surface area contributed by atoms with E-state index in [0.717, 1.165) is 10.0 Å². The van der Waals surface area contributed by atoms with E-state index in [1.165, 1.54) is 0 Å². The van der Waals surface area contributed by atoms with Crippen molar-refractivity contribution in [1.82, 2.24) is 10.3 Å². The summed E-state index contributed by atoms with van der Waals surface area (Å²) in [6.07, 6.45) is 1.57. The van der Waals surface area contributed by atoms with E-state index in [4.69, 9.17) is 11.6 Å². The lowest BCUT2D eigenvalue weighted by molar-refractivity contribution is 0.0925. The van der Waals surface area contributed by atoms with Gasteiger partial charge in [0.25, 0.3) is 5.91 Å². The number of hydrogen-bond donors (Lipinski definition) is 1. The molecule has 0 aliphatic rings. The van der Waals surface area contributed by atoms with Crippen molar-refractivity contribution in [3.05, 3.63) is 63.3 Å². The highest BCUT2D eigenvalue weighted by molar-refractivity contribution is 9.10. The third kappa shape index (κ3) is 4.05. The Morgan fingerprint density at radius 1 is 1.29 bits per heavy atom. The molecule has 2 rings (SSSR count). The molecule has 0 saturated carbocycles. The minimum absolute atomic E-state index is 0.0752. The van der Waals surface area contributed by atoms with E-state index < -0.39 is 0 Å². The van der Waals surface area contributed by atoms with Crippen molar-refractivity contribution in [3.8, 4) is 0 Å². The first-order valence-electron chi connectivity index (χ1n) is 6.66. The number of rotatable bonds is 4. The number of carbonyl (C=O) groups excluding carboxylic acids is 1. The summed E-state index contributed by atoms with van der Waals surface area (Å²) in [4.78, 5) is 16.4. The molecule has 110 valence electrons. The lowest BCUT2D eigenvalue weighted by Gasteiger charge is -2.23. The molecular weight excluding hydrogens is 352 g/mol. The maximum Gasteiger partial charge on any atom is 0.254 e. The maximum absolute atomic E-state index is 12.4. The van der Waals surface area contributed by atoms with Gasteiger partial charge in [-0.1, -0.05) is 55.8 Å². The summed E-state index contributed by atoms with van der Waals surface area (Å²) in [7, 11) is 0. The highest BCUT2D eigenvalue weighted by atomic mass is 79.9. The number of carbonyl (C=O) groups is 1. The molecule has 1 aromatic carbocycles. The van der Waals surface area contributed by atoms with Crippen LogP contribution in [0.1, 0.15) is 35.8 Å². The normalized spacial score (nSPS) is 12.2. The number of pyridine rings is 1. The fourth-order valence-corrected chi connectivity index (χ4v) is 2.62. The summed E-state index contributed by atoms with van der Waals surface area (Å²) in [6.45, 7) is 4.14. The highest BCUT2D eigenvalue weighted by Gasteiger charge is 2.20. The zero-order valence-corrected chi connectivity index (χ0v) is 14.1. The second-order valence-electron chi connectivity index (χ2n) is 5.10. The number of nitrogens with zero attached hydrogens (tertiary/aromatic N) is 1. The molecule has 3 nitrogen and oxygen atoms in total. The fraction of sp³-hybridized carbons (Fsp3) is 0.250. The first-order valence-corrected chi connectivity index (χ1v) is 7.83. The Kier molecular flexibility index (Phi) is 5.37. The van der Waals surface area contributed by atoms with Crippen LogP contribution in [0.25, 0.3) is 0 Å². The van der Waals surface area contributed by atoms with E-state index in [2.05, 4.69) is 40.1 Å². The van der Waals surface area contributed by atoms with Gasteiger partial charge in [0.1, 0.15) is 5.15 Å². The average molecular weight is 368 g/mol. The van der Waals surface area contributed by atoms with Gasteiger partial charge in [0.2, 0.25) is 0 Å². The number of nitrogens with one attached hydrogen (secondary N) is 1. The molecule has 0 fully saturated rings. The van der Waals surface area contributed by atoms with Gasteiger partial charge in [-0.15, -0.1) is 0 Å². The summed E-state index contributed by atoms with van der Waals surface area (Å²) in [5.41, 5.74) is 1.44. The van der Waals surface area contributed by atoms with Crippen molar-refractivity contribution in [1.29, 1.82) is 0 Å². The van der Waals surface area contributed by atoms with Gasteiger partial charge < -0.3 is 5.32 Å². The second kappa shape index (κ2) is 7.05. The van der Waals surface area contributed by atoms with Gasteiger partial charge in [-0.3, -0.25) is 4.79 Å². The smallest absolute Gasteiger partial charge is 0.254 e. The van der Waals surface area contributed by atoms with Gasteiger partial charge in [-0.25, -0.2) is 4.98 Å². The summed E-state index contributed by atoms with van der Waals surface area (Å²) in [6, 6.07) is 11.5. The molecule has 1 amide bonds. The largest absolute Gasteiger partial charge is 0.345 e. The van der Waals surface area contributed by atoms with Gasteiger partial charge >= 0.3 is 0 Å². The van der Waals surface area contributed by atoms with Crippen molar-refractivity contribution < 1.29 is 4.79 Å². The molecule has 0 radical (unpaired) electrons. The van der Waals surface area contributed by atoms with Crippen molar-refractivity contribution >= 4 is 33.4 Å². The van der Waals surface area contributed by atoms with Crippen LogP contribution in [0.2, 0.25) is 5.15 Å². The minimum Gasteiger partial charge on any atom is -0.345 e. The Bertz CT molecular complexity index is 631. The molecule has 1 aromatic heterocycles. The highest BCUT2D eigenvalue weighted by Crippen LogP contribution is 2.24. The zero-order valence-electron chi connectivity index (χ0n) is 11.8. The molecule has 5 heteroatoms. The molecule has 0 bridgehead atoms. The summed E-state index contributed by atoms with van der Waals surface area (Å²) < 4.78 is 0.720. The molecule has 1 N–H and O–H groups in total. The van der Waals surface area contributed by atoms with Crippen LogP contribution in [0, 0.1) is 5.92 Å². The van der Waals surface area contributed by atoms with E-state index in [1.807, 2.05) is 30.3 Å². The maximum atomic E-state index is 12.4. The molecule has 1 unspecified atom stereocenters.